The summed E-state index contributed by atoms with van der Waals surface area (Å²) in [7, 11) is 0. The van der Waals surface area contributed by atoms with Crippen LogP contribution in [-0.4, -0.2) is 34.8 Å². The molecular formula is C22H27N3O2. The van der Waals surface area contributed by atoms with Gasteiger partial charge in [-0.25, -0.2) is 0 Å². The van der Waals surface area contributed by atoms with Gasteiger partial charge < -0.3 is 10.6 Å². The molecule has 142 valence electrons. The van der Waals surface area contributed by atoms with E-state index in [0.717, 1.165) is 23.1 Å². The lowest BCUT2D eigenvalue weighted by molar-refractivity contribution is -0.139. The Bertz CT molecular complexity index is 796. The second-order valence-corrected chi connectivity index (χ2v) is 7.35. The van der Waals surface area contributed by atoms with Crippen LogP contribution in [0.4, 0.5) is 0 Å². The molecule has 0 atom stereocenters. The molecule has 1 aliphatic rings. The van der Waals surface area contributed by atoms with E-state index in [1.807, 2.05) is 36.1 Å². The molecule has 1 aliphatic heterocycles. The maximum absolute atomic E-state index is 12.4. The highest BCUT2D eigenvalue weighted by atomic mass is 16.2. The first-order chi connectivity index (χ1) is 13.1. The van der Waals surface area contributed by atoms with Gasteiger partial charge in [0.05, 0.1) is 5.41 Å². The minimum atomic E-state index is -0.605. The number of nitrogens with zero attached hydrogens (tertiary/aromatic N) is 2. The van der Waals surface area contributed by atoms with Gasteiger partial charge in [0.15, 0.2) is 0 Å². The molecule has 5 heteroatoms. The van der Waals surface area contributed by atoms with E-state index >= 15 is 0 Å². The lowest BCUT2D eigenvalue weighted by Crippen LogP contribution is -2.49. The van der Waals surface area contributed by atoms with Crippen molar-refractivity contribution in [1.29, 1.82) is 0 Å². The van der Waals surface area contributed by atoms with Crippen LogP contribution in [0.1, 0.15) is 38.2 Å². The summed E-state index contributed by atoms with van der Waals surface area (Å²) in [5, 5.41) is 0. The molecular weight excluding hydrogens is 338 g/mol. The number of nitrogens with two attached hydrogens (primary N) is 1. The highest BCUT2D eigenvalue weighted by Gasteiger charge is 2.41. The van der Waals surface area contributed by atoms with E-state index in [9.17, 15) is 9.59 Å². The zero-order valence-corrected chi connectivity index (χ0v) is 15.9. The molecule has 1 aromatic carbocycles. The third-order valence-corrected chi connectivity index (χ3v) is 5.60. The minimum absolute atomic E-state index is 0.174. The van der Waals surface area contributed by atoms with Gasteiger partial charge in [0.2, 0.25) is 11.8 Å². The first-order valence-electron chi connectivity index (χ1n) is 9.62. The number of amides is 2. The van der Waals surface area contributed by atoms with Crippen molar-refractivity contribution in [2.45, 2.75) is 39.0 Å². The van der Waals surface area contributed by atoms with Gasteiger partial charge in [-0.3, -0.25) is 14.6 Å². The summed E-state index contributed by atoms with van der Waals surface area (Å²) >= 11 is 0. The molecule has 2 heterocycles. The molecule has 0 saturated carbocycles. The van der Waals surface area contributed by atoms with Crippen molar-refractivity contribution >= 4 is 11.8 Å². The Morgan fingerprint density at radius 3 is 2.41 bits per heavy atom. The Morgan fingerprint density at radius 2 is 1.78 bits per heavy atom. The molecule has 5 nitrogen and oxygen atoms in total. The van der Waals surface area contributed by atoms with Crippen LogP contribution in [0.15, 0.2) is 48.8 Å². The fraction of sp³-hybridized carbons (Fsp3) is 0.409. The number of hydrogen-bond acceptors (Lipinski definition) is 3. The number of hydrogen-bond donors (Lipinski definition) is 1. The first kappa shape index (κ1) is 19.1. The van der Waals surface area contributed by atoms with E-state index < -0.39 is 5.41 Å². The highest BCUT2D eigenvalue weighted by Crippen LogP contribution is 2.37. The fourth-order valence-electron chi connectivity index (χ4n) is 3.92. The molecule has 0 unspecified atom stereocenters. The second kappa shape index (κ2) is 8.33. The predicted octanol–water partition coefficient (Wildman–Crippen LogP) is 3.19. The van der Waals surface area contributed by atoms with E-state index in [1.54, 1.807) is 12.4 Å². The van der Waals surface area contributed by atoms with Crippen LogP contribution in [0.25, 0.3) is 11.1 Å². The van der Waals surface area contributed by atoms with Crippen molar-refractivity contribution in [3.8, 4) is 11.1 Å². The molecule has 1 fully saturated rings. The summed E-state index contributed by atoms with van der Waals surface area (Å²) in [5.41, 5.74) is 8.55. The van der Waals surface area contributed by atoms with Crippen LogP contribution in [0.3, 0.4) is 0 Å². The molecule has 1 saturated heterocycles. The fourth-order valence-corrected chi connectivity index (χ4v) is 3.92. The molecule has 0 spiro atoms. The molecule has 27 heavy (non-hydrogen) atoms. The van der Waals surface area contributed by atoms with Gasteiger partial charge in [-0.15, -0.1) is 0 Å². The Balaban J connectivity index is 1.83. The van der Waals surface area contributed by atoms with Crippen LogP contribution in [0.2, 0.25) is 0 Å². The number of aromatic nitrogens is 1. The molecule has 2 amide bonds. The molecule has 0 aliphatic carbocycles. The quantitative estimate of drug-likeness (QED) is 0.854. The Kier molecular flexibility index (Phi) is 5.89. The van der Waals surface area contributed by atoms with Gasteiger partial charge >= 0.3 is 0 Å². The standard InChI is InChI=1S/C22H27N3O2/c1-2-5-20(26)25-14-10-22(11-15-25,21(23)27)16-18-6-3-4-7-19(18)17-8-12-24-13-9-17/h3-4,6-9,12-13H,2,5,10-11,14-16H2,1H3,(H2,23,27). The minimum Gasteiger partial charge on any atom is -0.369 e. The van der Waals surface area contributed by atoms with Crippen LogP contribution < -0.4 is 5.73 Å². The van der Waals surface area contributed by atoms with Gasteiger partial charge in [0.25, 0.3) is 0 Å². The topological polar surface area (TPSA) is 76.3 Å². The first-order valence-corrected chi connectivity index (χ1v) is 9.62. The highest BCUT2D eigenvalue weighted by molar-refractivity contribution is 5.83. The van der Waals surface area contributed by atoms with Crippen LogP contribution >= 0.6 is 0 Å². The third kappa shape index (κ3) is 4.18. The Hall–Kier alpha value is -2.69. The normalized spacial score (nSPS) is 16.1. The second-order valence-electron chi connectivity index (χ2n) is 7.35. The van der Waals surface area contributed by atoms with E-state index in [4.69, 9.17) is 5.73 Å². The Morgan fingerprint density at radius 1 is 1.11 bits per heavy atom. The van der Waals surface area contributed by atoms with Gasteiger partial charge in [-0.05, 0) is 54.5 Å². The molecule has 0 bridgehead atoms. The van der Waals surface area contributed by atoms with Crippen LogP contribution in [-0.2, 0) is 16.0 Å². The zero-order chi connectivity index (χ0) is 19.3. The summed E-state index contributed by atoms with van der Waals surface area (Å²) < 4.78 is 0. The average molecular weight is 365 g/mol. The lowest BCUT2D eigenvalue weighted by Gasteiger charge is -2.40. The largest absolute Gasteiger partial charge is 0.369 e. The van der Waals surface area contributed by atoms with Crippen LogP contribution in [0.5, 0.6) is 0 Å². The summed E-state index contributed by atoms with van der Waals surface area (Å²) in [6, 6.07) is 12.1. The smallest absolute Gasteiger partial charge is 0.224 e. The maximum atomic E-state index is 12.4. The van der Waals surface area contributed by atoms with Crippen molar-refractivity contribution < 1.29 is 9.59 Å². The molecule has 1 aromatic heterocycles. The van der Waals surface area contributed by atoms with E-state index in [2.05, 4.69) is 17.1 Å². The van der Waals surface area contributed by atoms with E-state index in [-0.39, 0.29) is 11.8 Å². The van der Waals surface area contributed by atoms with Gasteiger partial charge in [-0.2, -0.15) is 0 Å². The summed E-state index contributed by atoms with van der Waals surface area (Å²) in [6.45, 7) is 3.20. The Labute approximate surface area is 160 Å². The van der Waals surface area contributed by atoms with Crippen molar-refractivity contribution in [1.82, 2.24) is 9.88 Å². The number of pyridine rings is 1. The number of carbonyl (C=O) groups excluding carboxylic acids is 2. The summed E-state index contributed by atoms with van der Waals surface area (Å²) in [6.07, 6.45) is 6.77. The maximum Gasteiger partial charge on any atom is 0.224 e. The average Bonchev–Trinajstić information content (AvgIpc) is 2.69. The van der Waals surface area contributed by atoms with E-state index in [0.29, 0.717) is 38.8 Å². The number of primary amides is 1. The number of piperidine rings is 1. The number of benzene rings is 1. The number of likely N-dealkylation sites (tertiary alicyclic amines) is 1. The summed E-state index contributed by atoms with van der Waals surface area (Å²) in [4.78, 5) is 30.6. The molecule has 3 rings (SSSR count). The summed E-state index contributed by atoms with van der Waals surface area (Å²) in [5.74, 6) is -0.0950. The van der Waals surface area contributed by atoms with Crippen molar-refractivity contribution in [2.75, 3.05) is 13.1 Å². The van der Waals surface area contributed by atoms with Crippen molar-refractivity contribution in [3.63, 3.8) is 0 Å². The third-order valence-electron chi connectivity index (χ3n) is 5.60. The van der Waals surface area contributed by atoms with Crippen molar-refractivity contribution in [3.05, 3.63) is 54.4 Å². The number of carbonyl (C=O) groups is 2. The lowest BCUT2D eigenvalue weighted by atomic mass is 9.72. The monoisotopic (exact) mass is 365 g/mol. The van der Waals surface area contributed by atoms with Crippen molar-refractivity contribution in [2.24, 2.45) is 11.1 Å². The van der Waals surface area contributed by atoms with Crippen LogP contribution in [0, 0.1) is 5.41 Å². The molecule has 2 aromatic rings. The predicted molar refractivity (Wildman–Crippen MR) is 106 cm³/mol. The van der Waals surface area contributed by atoms with Gasteiger partial charge in [0.1, 0.15) is 0 Å². The zero-order valence-electron chi connectivity index (χ0n) is 15.9. The number of rotatable bonds is 6. The molecule has 0 radical (unpaired) electrons. The van der Waals surface area contributed by atoms with Gasteiger partial charge in [0, 0.05) is 31.9 Å². The SMILES string of the molecule is CCCC(=O)N1CCC(Cc2ccccc2-c2ccncc2)(C(N)=O)CC1. The van der Waals surface area contributed by atoms with Gasteiger partial charge in [-0.1, -0.05) is 31.2 Å². The molecule has 2 N–H and O–H groups in total. The van der Waals surface area contributed by atoms with E-state index in [1.165, 1.54) is 0 Å².